The van der Waals surface area contributed by atoms with Gasteiger partial charge in [-0.2, -0.15) is 0 Å². The van der Waals surface area contributed by atoms with Crippen LogP contribution in [-0.2, 0) is 0 Å². The second-order valence-corrected chi connectivity index (χ2v) is 12.9. The summed E-state index contributed by atoms with van der Waals surface area (Å²) in [7, 11) is 0. The smallest absolute Gasteiger partial charge is 0.101 e. The number of nitrogens with zero attached hydrogens (tertiary/aromatic N) is 2. The lowest BCUT2D eigenvalue weighted by Gasteiger charge is -2.33. The Balaban J connectivity index is 2.25. The fourth-order valence-electron chi connectivity index (χ4n) is 6.36. The highest BCUT2D eigenvalue weighted by molar-refractivity contribution is 4.97. The summed E-state index contributed by atoms with van der Waals surface area (Å²) in [5.74, 6) is 0. The fraction of sp³-hybridized carbons (Fsp3) is 0.946. The lowest BCUT2D eigenvalue weighted by Crippen LogP contribution is -2.39. The maximum Gasteiger partial charge on any atom is 0.101 e. The summed E-state index contributed by atoms with van der Waals surface area (Å²) in [4.78, 5) is 5.42. The van der Waals surface area contributed by atoms with Crippen molar-refractivity contribution in [3.63, 3.8) is 0 Å². The number of rotatable bonds is 31. The molecule has 1 heterocycles. The van der Waals surface area contributed by atoms with Crippen LogP contribution in [0.15, 0.2) is 12.4 Å². The van der Waals surface area contributed by atoms with Crippen molar-refractivity contribution in [2.24, 2.45) is 0 Å². The molecular formula is C37H74N2. The molecule has 2 heteroatoms. The van der Waals surface area contributed by atoms with Crippen molar-refractivity contribution >= 4 is 0 Å². The Morgan fingerprint density at radius 1 is 0.333 bits per heavy atom. The van der Waals surface area contributed by atoms with Gasteiger partial charge in [-0.1, -0.05) is 181 Å². The molecule has 0 bridgehead atoms. The molecule has 1 atom stereocenters. The highest BCUT2D eigenvalue weighted by atomic mass is 15.4. The molecule has 232 valence electrons. The largest absolute Gasteiger partial charge is 0.356 e. The van der Waals surface area contributed by atoms with Crippen LogP contribution < -0.4 is 0 Å². The van der Waals surface area contributed by atoms with Crippen LogP contribution >= 0.6 is 0 Å². The van der Waals surface area contributed by atoms with E-state index in [1.54, 1.807) is 0 Å². The molecule has 0 aliphatic carbocycles. The topological polar surface area (TPSA) is 6.48 Å². The van der Waals surface area contributed by atoms with Crippen LogP contribution in [0.5, 0.6) is 0 Å². The van der Waals surface area contributed by atoms with Crippen LogP contribution in [0.2, 0.25) is 0 Å². The van der Waals surface area contributed by atoms with E-state index in [1.165, 1.54) is 199 Å². The van der Waals surface area contributed by atoms with Gasteiger partial charge < -0.3 is 9.80 Å². The molecule has 0 aromatic rings. The molecule has 39 heavy (non-hydrogen) atoms. The Morgan fingerprint density at radius 3 is 0.897 bits per heavy atom. The van der Waals surface area contributed by atoms with Gasteiger partial charge in [0, 0.05) is 25.5 Å². The maximum atomic E-state index is 2.71. The van der Waals surface area contributed by atoms with Gasteiger partial charge in [0.25, 0.3) is 0 Å². The van der Waals surface area contributed by atoms with Crippen molar-refractivity contribution < 1.29 is 0 Å². The highest BCUT2D eigenvalue weighted by Gasteiger charge is 2.24. The van der Waals surface area contributed by atoms with Gasteiger partial charge in [0.15, 0.2) is 0 Å². The van der Waals surface area contributed by atoms with E-state index in [2.05, 4.69) is 43.0 Å². The number of unbranched alkanes of at least 4 members (excludes halogenated alkanes) is 25. The van der Waals surface area contributed by atoms with Crippen molar-refractivity contribution in [1.82, 2.24) is 9.80 Å². The Bertz CT molecular complexity index is 502. The normalized spacial score (nSPS) is 15.2. The first-order valence-electron chi connectivity index (χ1n) is 18.5. The molecule has 0 amide bonds. The average molecular weight is 547 g/mol. The third kappa shape index (κ3) is 21.7. The van der Waals surface area contributed by atoms with E-state index in [-0.39, 0.29) is 0 Å². The van der Waals surface area contributed by atoms with Crippen LogP contribution in [0.4, 0.5) is 0 Å². The van der Waals surface area contributed by atoms with E-state index >= 15 is 0 Å². The third-order valence-electron chi connectivity index (χ3n) is 9.07. The lowest BCUT2D eigenvalue weighted by atomic mass is 10.0. The fourth-order valence-corrected chi connectivity index (χ4v) is 6.36. The second-order valence-electron chi connectivity index (χ2n) is 12.9. The first-order valence-corrected chi connectivity index (χ1v) is 18.5. The summed E-state index contributed by atoms with van der Waals surface area (Å²) in [5, 5.41) is 0. The zero-order valence-corrected chi connectivity index (χ0v) is 27.5. The standard InChI is InChI=1S/C37H74N2/c1-4-7-10-13-16-19-22-25-28-31-34-39-36-35-38(33-30-27-24-21-18-15-12-9-6-3)37(39)32-29-26-23-20-17-14-11-8-5-2/h35-37H,4-34H2,1-3H3. The molecule has 0 saturated heterocycles. The molecule has 0 spiro atoms. The molecule has 0 N–H and O–H groups in total. The maximum absolute atomic E-state index is 2.71. The molecule has 2 nitrogen and oxygen atoms in total. The molecule has 0 radical (unpaired) electrons. The Morgan fingerprint density at radius 2 is 0.590 bits per heavy atom. The van der Waals surface area contributed by atoms with Gasteiger partial charge in [-0.15, -0.1) is 0 Å². The van der Waals surface area contributed by atoms with Gasteiger partial charge in [-0.25, -0.2) is 0 Å². The van der Waals surface area contributed by atoms with Crippen molar-refractivity contribution in [2.45, 2.75) is 213 Å². The molecule has 1 rings (SSSR count). The zero-order chi connectivity index (χ0) is 28.1. The van der Waals surface area contributed by atoms with Gasteiger partial charge in [0.2, 0.25) is 0 Å². The third-order valence-corrected chi connectivity index (χ3v) is 9.07. The van der Waals surface area contributed by atoms with E-state index < -0.39 is 0 Å². The average Bonchev–Trinajstić information content (AvgIpc) is 3.33. The van der Waals surface area contributed by atoms with Crippen LogP contribution in [-0.4, -0.2) is 29.1 Å². The highest BCUT2D eigenvalue weighted by Crippen LogP contribution is 2.24. The first kappa shape index (κ1) is 36.4. The molecule has 0 fully saturated rings. The summed E-state index contributed by atoms with van der Waals surface area (Å²) >= 11 is 0. The molecule has 0 aromatic heterocycles. The van der Waals surface area contributed by atoms with Gasteiger partial charge in [0.1, 0.15) is 6.17 Å². The summed E-state index contributed by atoms with van der Waals surface area (Å²) in [6, 6.07) is 0. The summed E-state index contributed by atoms with van der Waals surface area (Å²) in [5.41, 5.74) is 0. The minimum absolute atomic E-state index is 0.641. The monoisotopic (exact) mass is 547 g/mol. The van der Waals surface area contributed by atoms with Gasteiger partial charge in [-0.05, 0) is 25.7 Å². The van der Waals surface area contributed by atoms with Crippen LogP contribution in [0.3, 0.4) is 0 Å². The lowest BCUT2D eigenvalue weighted by molar-refractivity contribution is 0.135. The van der Waals surface area contributed by atoms with Crippen molar-refractivity contribution in [3.8, 4) is 0 Å². The Hall–Kier alpha value is -0.660. The van der Waals surface area contributed by atoms with E-state index in [4.69, 9.17) is 0 Å². The Kier molecular flexibility index (Phi) is 26.9. The molecule has 0 saturated carbocycles. The van der Waals surface area contributed by atoms with E-state index in [9.17, 15) is 0 Å². The number of hydrogen-bond acceptors (Lipinski definition) is 2. The van der Waals surface area contributed by atoms with Gasteiger partial charge >= 0.3 is 0 Å². The van der Waals surface area contributed by atoms with Crippen molar-refractivity contribution in [3.05, 3.63) is 12.4 Å². The molecule has 0 aromatic carbocycles. The van der Waals surface area contributed by atoms with Crippen molar-refractivity contribution in [2.75, 3.05) is 13.1 Å². The predicted molar refractivity (Wildman–Crippen MR) is 177 cm³/mol. The second kappa shape index (κ2) is 28.9. The molecule has 1 aliphatic rings. The van der Waals surface area contributed by atoms with E-state index in [0.29, 0.717) is 6.17 Å². The summed E-state index contributed by atoms with van der Waals surface area (Å²) in [6.45, 7) is 9.48. The van der Waals surface area contributed by atoms with E-state index in [0.717, 1.165) is 0 Å². The quantitative estimate of drug-likeness (QED) is 0.0798. The predicted octanol–water partition coefficient (Wildman–Crippen LogP) is 12.8. The zero-order valence-electron chi connectivity index (χ0n) is 27.5. The van der Waals surface area contributed by atoms with Gasteiger partial charge in [-0.3, -0.25) is 0 Å². The molecule has 1 unspecified atom stereocenters. The summed E-state index contributed by atoms with van der Waals surface area (Å²) in [6.07, 6.45) is 46.9. The minimum Gasteiger partial charge on any atom is -0.356 e. The number of hydrogen-bond donors (Lipinski definition) is 0. The first-order chi connectivity index (χ1) is 19.3. The van der Waals surface area contributed by atoms with Gasteiger partial charge in [0.05, 0.1) is 0 Å². The van der Waals surface area contributed by atoms with Crippen LogP contribution in [0.1, 0.15) is 207 Å². The van der Waals surface area contributed by atoms with Crippen LogP contribution in [0.25, 0.3) is 0 Å². The Labute approximate surface area is 248 Å². The SMILES string of the molecule is CCCCCCCCCCCCN1C=CN(CCCCCCCCCCC)C1CCCCCCCCCCC. The summed E-state index contributed by atoms with van der Waals surface area (Å²) < 4.78 is 0. The van der Waals surface area contributed by atoms with Crippen molar-refractivity contribution in [1.29, 1.82) is 0 Å². The van der Waals surface area contributed by atoms with E-state index in [1.807, 2.05) is 0 Å². The molecule has 1 aliphatic heterocycles. The van der Waals surface area contributed by atoms with Crippen LogP contribution in [0, 0.1) is 0 Å². The minimum atomic E-state index is 0.641. The molecular weight excluding hydrogens is 472 g/mol.